The molecule has 0 saturated heterocycles. The van der Waals surface area contributed by atoms with Gasteiger partial charge in [0, 0.05) is 0 Å². The third-order valence-electron chi connectivity index (χ3n) is 3.75. The molecule has 0 heterocycles. The molecule has 0 spiro atoms. The van der Waals surface area contributed by atoms with E-state index in [9.17, 15) is 18.0 Å². The van der Waals surface area contributed by atoms with Crippen LogP contribution in [-0.4, -0.2) is 36.8 Å². The van der Waals surface area contributed by atoms with Gasteiger partial charge in [-0.2, -0.15) is 8.42 Å². The molecule has 1 N–H and O–H groups in total. The maximum Gasteiger partial charge on any atom is 0.332 e. The fourth-order valence-electron chi connectivity index (χ4n) is 2.23. The first-order valence-corrected chi connectivity index (χ1v) is 10.8. The van der Waals surface area contributed by atoms with Crippen LogP contribution in [0.2, 0.25) is 0 Å². The van der Waals surface area contributed by atoms with Crippen molar-refractivity contribution < 1.29 is 32.0 Å². The summed E-state index contributed by atoms with van der Waals surface area (Å²) in [4.78, 5) is 23.4. The second kappa shape index (κ2) is 14.7. The summed E-state index contributed by atoms with van der Waals surface area (Å²) in [5, 5.41) is -1.98. The Kier molecular flexibility index (Phi) is 13.9. The molecule has 0 fully saturated rings. The lowest BCUT2D eigenvalue weighted by Gasteiger charge is -2.11. The highest BCUT2D eigenvalue weighted by Crippen LogP contribution is 2.11. The van der Waals surface area contributed by atoms with Crippen LogP contribution in [0, 0.1) is 0 Å². The molecule has 0 saturated carbocycles. The van der Waals surface area contributed by atoms with E-state index >= 15 is 0 Å². The Morgan fingerprint density at radius 2 is 1.58 bits per heavy atom. The third-order valence-corrected chi connectivity index (χ3v) is 4.83. The number of hydrogen-bond donors (Lipinski definition) is 1. The van der Waals surface area contributed by atoms with E-state index < -0.39 is 33.7 Å². The average molecular weight is 393 g/mol. The van der Waals surface area contributed by atoms with Crippen molar-refractivity contribution in [3.8, 4) is 0 Å². The SMILES string of the molecule is CC/C=C/OC(=O)C(CC(=O)OCCCCCCCCCC)S(=O)(=O)O. The van der Waals surface area contributed by atoms with E-state index in [0.717, 1.165) is 25.5 Å². The Bertz CT molecular complexity index is 526. The van der Waals surface area contributed by atoms with Crippen LogP contribution in [0.1, 0.15) is 78.1 Å². The molecule has 0 rings (SSSR count). The van der Waals surface area contributed by atoms with Crippen molar-refractivity contribution in [3.05, 3.63) is 12.3 Å². The van der Waals surface area contributed by atoms with E-state index in [0.29, 0.717) is 12.8 Å². The zero-order chi connectivity index (χ0) is 19.8. The smallest absolute Gasteiger partial charge is 0.332 e. The van der Waals surface area contributed by atoms with E-state index in [-0.39, 0.29) is 6.61 Å². The summed E-state index contributed by atoms with van der Waals surface area (Å²) in [6.45, 7) is 4.13. The molecule has 1 atom stereocenters. The quantitative estimate of drug-likeness (QED) is 0.195. The summed E-state index contributed by atoms with van der Waals surface area (Å²) in [7, 11) is -4.76. The number of rotatable bonds is 15. The van der Waals surface area contributed by atoms with Crippen molar-refractivity contribution in [2.45, 2.75) is 83.3 Å². The molecule has 0 radical (unpaired) electrons. The third kappa shape index (κ3) is 12.9. The standard InChI is InChI=1S/C18H32O7S/c1-3-5-7-8-9-10-11-12-14-24-17(19)15-16(26(21,22)23)18(20)25-13-6-4-2/h6,13,16H,3-5,7-12,14-15H2,1-2H3,(H,21,22,23)/b13-6+. The van der Waals surface area contributed by atoms with Gasteiger partial charge >= 0.3 is 11.9 Å². The van der Waals surface area contributed by atoms with Gasteiger partial charge in [0.2, 0.25) is 0 Å². The van der Waals surface area contributed by atoms with Crippen LogP contribution in [-0.2, 0) is 29.2 Å². The monoisotopic (exact) mass is 392 g/mol. The summed E-state index contributed by atoms with van der Waals surface area (Å²) in [5.41, 5.74) is 0. The Hall–Kier alpha value is -1.41. The van der Waals surface area contributed by atoms with Crippen molar-refractivity contribution in [3.63, 3.8) is 0 Å². The number of allylic oxidation sites excluding steroid dienone is 1. The van der Waals surface area contributed by atoms with Gasteiger partial charge in [0.05, 0.1) is 19.3 Å². The largest absolute Gasteiger partial charge is 0.466 e. The molecule has 0 aliphatic carbocycles. The van der Waals surface area contributed by atoms with Gasteiger partial charge in [-0.05, 0) is 18.9 Å². The molecule has 0 aromatic carbocycles. The van der Waals surface area contributed by atoms with Crippen LogP contribution in [0.15, 0.2) is 12.3 Å². The minimum absolute atomic E-state index is 0.163. The van der Waals surface area contributed by atoms with Gasteiger partial charge in [-0.3, -0.25) is 14.1 Å². The molecule has 0 bridgehead atoms. The molecule has 8 heteroatoms. The van der Waals surface area contributed by atoms with Crippen molar-refractivity contribution in [1.82, 2.24) is 0 Å². The highest BCUT2D eigenvalue weighted by Gasteiger charge is 2.35. The molecule has 152 valence electrons. The van der Waals surface area contributed by atoms with Crippen molar-refractivity contribution in [1.29, 1.82) is 0 Å². The Balaban J connectivity index is 4.11. The number of carbonyl (C=O) groups excluding carboxylic acids is 2. The van der Waals surface area contributed by atoms with Gasteiger partial charge in [-0.15, -0.1) is 0 Å². The number of hydrogen-bond acceptors (Lipinski definition) is 6. The lowest BCUT2D eigenvalue weighted by atomic mass is 10.1. The second-order valence-corrected chi connectivity index (χ2v) is 7.72. The number of ether oxygens (including phenoxy) is 2. The number of carbonyl (C=O) groups is 2. The molecule has 1 unspecified atom stereocenters. The lowest BCUT2D eigenvalue weighted by Crippen LogP contribution is -2.33. The first-order chi connectivity index (χ1) is 12.3. The van der Waals surface area contributed by atoms with Crippen LogP contribution in [0.25, 0.3) is 0 Å². The number of unbranched alkanes of at least 4 members (excludes halogenated alkanes) is 7. The summed E-state index contributed by atoms with van der Waals surface area (Å²) in [6.07, 6.45) is 11.1. The van der Waals surface area contributed by atoms with Crippen molar-refractivity contribution >= 4 is 22.1 Å². The highest BCUT2D eigenvalue weighted by atomic mass is 32.2. The zero-order valence-electron chi connectivity index (χ0n) is 15.8. The van der Waals surface area contributed by atoms with E-state index in [2.05, 4.69) is 11.7 Å². The molecule has 0 aliphatic rings. The van der Waals surface area contributed by atoms with Gasteiger partial charge in [0.1, 0.15) is 0 Å². The average Bonchev–Trinajstić information content (AvgIpc) is 2.57. The fourth-order valence-corrected chi connectivity index (χ4v) is 2.88. The second-order valence-electron chi connectivity index (χ2n) is 6.12. The van der Waals surface area contributed by atoms with Gasteiger partial charge in [0.25, 0.3) is 10.1 Å². The highest BCUT2D eigenvalue weighted by molar-refractivity contribution is 7.87. The topological polar surface area (TPSA) is 107 Å². The predicted octanol–water partition coefficient (Wildman–Crippen LogP) is 3.78. The van der Waals surface area contributed by atoms with Gasteiger partial charge in [-0.1, -0.05) is 58.8 Å². The van der Waals surface area contributed by atoms with Crippen molar-refractivity contribution in [2.24, 2.45) is 0 Å². The summed E-state index contributed by atoms with van der Waals surface area (Å²) in [6, 6.07) is 0. The van der Waals surface area contributed by atoms with Crippen LogP contribution >= 0.6 is 0 Å². The minimum Gasteiger partial charge on any atom is -0.466 e. The summed E-state index contributed by atoms with van der Waals surface area (Å²) < 4.78 is 41.2. The summed E-state index contributed by atoms with van der Waals surface area (Å²) >= 11 is 0. The first kappa shape index (κ1) is 24.6. The van der Waals surface area contributed by atoms with Crippen LogP contribution in [0.5, 0.6) is 0 Å². The Morgan fingerprint density at radius 1 is 1.00 bits per heavy atom. The molecule has 26 heavy (non-hydrogen) atoms. The van der Waals surface area contributed by atoms with Crippen LogP contribution < -0.4 is 0 Å². The van der Waals surface area contributed by atoms with Gasteiger partial charge < -0.3 is 9.47 Å². The van der Waals surface area contributed by atoms with Gasteiger partial charge in [0.15, 0.2) is 5.25 Å². The minimum atomic E-state index is -4.76. The van der Waals surface area contributed by atoms with E-state index in [4.69, 9.17) is 9.29 Å². The maximum atomic E-state index is 11.7. The molecular weight excluding hydrogens is 360 g/mol. The Morgan fingerprint density at radius 3 is 2.12 bits per heavy atom. The molecule has 7 nitrogen and oxygen atoms in total. The van der Waals surface area contributed by atoms with Crippen molar-refractivity contribution in [2.75, 3.05) is 6.61 Å². The molecule has 0 amide bonds. The molecule has 0 aliphatic heterocycles. The van der Waals surface area contributed by atoms with Crippen LogP contribution in [0.3, 0.4) is 0 Å². The fraction of sp³-hybridized carbons (Fsp3) is 0.778. The first-order valence-electron chi connectivity index (χ1n) is 9.30. The predicted molar refractivity (Wildman–Crippen MR) is 99.0 cm³/mol. The van der Waals surface area contributed by atoms with Crippen LogP contribution in [0.4, 0.5) is 0 Å². The Labute approximate surface area is 156 Å². The lowest BCUT2D eigenvalue weighted by molar-refractivity contribution is -0.147. The van der Waals surface area contributed by atoms with E-state index in [1.165, 1.54) is 31.8 Å². The van der Waals surface area contributed by atoms with E-state index in [1.807, 2.05) is 0 Å². The molecular formula is C18H32O7S. The number of esters is 2. The normalized spacial score (nSPS) is 12.9. The summed E-state index contributed by atoms with van der Waals surface area (Å²) in [5.74, 6) is -2.06. The van der Waals surface area contributed by atoms with E-state index in [1.54, 1.807) is 6.92 Å². The zero-order valence-corrected chi connectivity index (χ0v) is 16.6. The molecule has 0 aromatic heterocycles. The molecule has 0 aromatic rings. The maximum absolute atomic E-state index is 11.7. The van der Waals surface area contributed by atoms with Gasteiger partial charge in [-0.25, -0.2) is 0 Å².